The molecule has 2 aromatic rings. The van der Waals surface area contributed by atoms with Crippen LogP contribution in [0.3, 0.4) is 0 Å². The van der Waals surface area contributed by atoms with Crippen LogP contribution in [0, 0.1) is 6.92 Å². The van der Waals surface area contributed by atoms with Gasteiger partial charge in [-0.15, -0.1) is 0 Å². The van der Waals surface area contributed by atoms with E-state index in [1.54, 1.807) is 26.2 Å². The van der Waals surface area contributed by atoms with E-state index in [4.69, 9.17) is 4.74 Å². The molecule has 0 bridgehead atoms. The van der Waals surface area contributed by atoms with Gasteiger partial charge in [0.05, 0.1) is 23.4 Å². The Hall–Kier alpha value is -2.10. The van der Waals surface area contributed by atoms with Gasteiger partial charge in [0.15, 0.2) is 0 Å². The van der Waals surface area contributed by atoms with Crippen LogP contribution >= 0.6 is 0 Å². The molecule has 0 saturated carbocycles. The third kappa shape index (κ3) is 5.09. The Morgan fingerprint density at radius 1 is 1.14 bits per heavy atom. The molecule has 0 aromatic heterocycles. The fraction of sp³-hybridized carbons (Fsp3) is 0.400. The monoisotopic (exact) mass is 438 g/mol. The molecule has 0 unspecified atom stereocenters. The van der Waals surface area contributed by atoms with E-state index in [0.717, 1.165) is 17.7 Å². The first-order valence-corrected chi connectivity index (χ1v) is 12.6. The normalized spacial score (nSPS) is 16.6. The number of ether oxygens (including phenoxy) is 1. The average Bonchev–Trinajstić information content (AvgIpc) is 2.68. The van der Waals surface area contributed by atoms with Crippen molar-refractivity contribution in [2.75, 3.05) is 30.3 Å². The molecule has 1 aliphatic heterocycles. The summed E-state index contributed by atoms with van der Waals surface area (Å²) in [5, 5.41) is 0. The second-order valence-corrected chi connectivity index (χ2v) is 10.8. The van der Waals surface area contributed by atoms with Crippen LogP contribution in [0.2, 0.25) is 0 Å². The molecule has 1 saturated heterocycles. The standard InChI is InChI=1S/C20H26N2O5S2/c1-16-8-9-18(22-12-3-4-13-28(22,23)24)15-20(16)29(25,26)21-11-10-17-6-5-7-19(14-17)27-2/h5-9,14-15,21H,3-4,10-13H2,1-2H3. The van der Waals surface area contributed by atoms with Crippen LogP contribution in [0.4, 0.5) is 5.69 Å². The second kappa shape index (κ2) is 8.73. The number of aryl methyl sites for hydroxylation is 1. The lowest BCUT2D eigenvalue weighted by Crippen LogP contribution is -2.38. The number of benzene rings is 2. The molecule has 0 radical (unpaired) electrons. The first-order valence-electron chi connectivity index (χ1n) is 9.46. The van der Waals surface area contributed by atoms with Crippen molar-refractivity contribution in [2.24, 2.45) is 0 Å². The van der Waals surface area contributed by atoms with Gasteiger partial charge in [-0.05, 0) is 61.6 Å². The number of hydrogen-bond donors (Lipinski definition) is 1. The molecule has 1 fully saturated rings. The molecule has 158 valence electrons. The molecule has 29 heavy (non-hydrogen) atoms. The molecule has 1 heterocycles. The van der Waals surface area contributed by atoms with Crippen molar-refractivity contribution in [3.63, 3.8) is 0 Å². The summed E-state index contributed by atoms with van der Waals surface area (Å²) in [5.41, 5.74) is 1.91. The Kier molecular flexibility index (Phi) is 6.50. The Morgan fingerprint density at radius 3 is 2.66 bits per heavy atom. The van der Waals surface area contributed by atoms with Crippen molar-refractivity contribution in [2.45, 2.75) is 31.1 Å². The highest BCUT2D eigenvalue weighted by atomic mass is 32.2. The van der Waals surface area contributed by atoms with Crippen molar-refractivity contribution in [3.05, 3.63) is 53.6 Å². The zero-order valence-corrected chi connectivity index (χ0v) is 18.2. The van der Waals surface area contributed by atoms with Crippen LogP contribution in [-0.2, 0) is 26.5 Å². The highest BCUT2D eigenvalue weighted by Crippen LogP contribution is 2.27. The van der Waals surface area contributed by atoms with E-state index in [9.17, 15) is 16.8 Å². The Bertz CT molecular complexity index is 1080. The summed E-state index contributed by atoms with van der Waals surface area (Å²) in [5.74, 6) is 0.804. The summed E-state index contributed by atoms with van der Waals surface area (Å²) in [6, 6.07) is 12.2. The maximum atomic E-state index is 12.9. The lowest BCUT2D eigenvalue weighted by molar-refractivity contribution is 0.414. The summed E-state index contributed by atoms with van der Waals surface area (Å²) < 4.78 is 59.5. The molecule has 9 heteroatoms. The minimum atomic E-state index is -3.78. The van der Waals surface area contributed by atoms with Gasteiger partial charge in [-0.25, -0.2) is 21.6 Å². The summed E-state index contributed by atoms with van der Waals surface area (Å²) in [4.78, 5) is 0.0985. The molecule has 0 spiro atoms. The molecule has 3 rings (SSSR count). The van der Waals surface area contributed by atoms with Crippen molar-refractivity contribution in [1.29, 1.82) is 0 Å². The number of nitrogens with one attached hydrogen (secondary N) is 1. The van der Waals surface area contributed by atoms with Gasteiger partial charge in [0.2, 0.25) is 20.0 Å². The Morgan fingerprint density at radius 2 is 1.93 bits per heavy atom. The maximum absolute atomic E-state index is 12.9. The van der Waals surface area contributed by atoms with Crippen LogP contribution in [0.1, 0.15) is 24.0 Å². The molecule has 0 amide bonds. The van der Waals surface area contributed by atoms with E-state index >= 15 is 0 Å². The van der Waals surface area contributed by atoms with Gasteiger partial charge in [-0.2, -0.15) is 0 Å². The van der Waals surface area contributed by atoms with Gasteiger partial charge in [0.1, 0.15) is 5.75 Å². The second-order valence-electron chi connectivity index (χ2n) is 7.04. The van der Waals surface area contributed by atoms with Crippen molar-refractivity contribution >= 4 is 25.7 Å². The van der Waals surface area contributed by atoms with Crippen LogP contribution in [-0.4, -0.2) is 42.8 Å². The number of hydrogen-bond acceptors (Lipinski definition) is 5. The summed E-state index contributed by atoms with van der Waals surface area (Å²) in [7, 11) is -5.60. The van der Waals surface area contributed by atoms with E-state index in [2.05, 4.69) is 4.72 Å². The quantitative estimate of drug-likeness (QED) is 0.717. The van der Waals surface area contributed by atoms with E-state index in [0.29, 0.717) is 30.6 Å². The average molecular weight is 439 g/mol. The summed E-state index contributed by atoms with van der Waals surface area (Å²) in [6.07, 6.45) is 1.89. The van der Waals surface area contributed by atoms with Gasteiger partial charge in [0.25, 0.3) is 0 Å². The molecule has 1 aliphatic rings. The largest absolute Gasteiger partial charge is 0.497 e. The molecule has 2 aromatic carbocycles. The van der Waals surface area contributed by atoms with Crippen molar-refractivity contribution in [1.82, 2.24) is 4.72 Å². The Balaban J connectivity index is 1.77. The minimum absolute atomic E-state index is 0.0851. The lowest BCUT2D eigenvalue weighted by atomic mass is 10.1. The number of methoxy groups -OCH3 is 1. The van der Waals surface area contributed by atoms with Crippen LogP contribution < -0.4 is 13.8 Å². The first-order chi connectivity index (χ1) is 13.7. The van der Waals surface area contributed by atoms with E-state index < -0.39 is 20.0 Å². The molecular weight excluding hydrogens is 412 g/mol. The van der Waals surface area contributed by atoms with Crippen LogP contribution in [0.25, 0.3) is 0 Å². The lowest BCUT2D eigenvalue weighted by Gasteiger charge is -2.28. The first kappa shape index (κ1) is 21.6. The topological polar surface area (TPSA) is 92.8 Å². The van der Waals surface area contributed by atoms with Crippen molar-refractivity contribution < 1.29 is 21.6 Å². The van der Waals surface area contributed by atoms with Gasteiger partial charge >= 0.3 is 0 Å². The predicted molar refractivity (Wildman–Crippen MR) is 113 cm³/mol. The number of sulfonamides is 2. The van der Waals surface area contributed by atoms with Crippen LogP contribution in [0.5, 0.6) is 5.75 Å². The fourth-order valence-corrected chi connectivity index (χ4v) is 6.27. The molecule has 0 aliphatic carbocycles. The van der Waals surface area contributed by atoms with E-state index in [-0.39, 0.29) is 17.2 Å². The third-order valence-electron chi connectivity index (χ3n) is 4.94. The highest BCUT2D eigenvalue weighted by Gasteiger charge is 2.27. The Labute approximate surface area is 172 Å². The third-order valence-corrected chi connectivity index (χ3v) is 8.41. The number of anilines is 1. The fourth-order valence-electron chi connectivity index (χ4n) is 3.35. The zero-order chi connectivity index (χ0) is 21.1. The van der Waals surface area contributed by atoms with Gasteiger partial charge in [0, 0.05) is 13.1 Å². The van der Waals surface area contributed by atoms with E-state index in [1.165, 1.54) is 10.4 Å². The van der Waals surface area contributed by atoms with E-state index in [1.807, 2.05) is 24.3 Å². The molecule has 7 nitrogen and oxygen atoms in total. The summed E-state index contributed by atoms with van der Waals surface area (Å²) in [6.45, 7) is 2.29. The summed E-state index contributed by atoms with van der Waals surface area (Å²) >= 11 is 0. The van der Waals surface area contributed by atoms with Gasteiger partial charge in [-0.3, -0.25) is 4.31 Å². The molecular formula is C20H26N2O5S2. The maximum Gasteiger partial charge on any atom is 0.240 e. The SMILES string of the molecule is COc1cccc(CCNS(=O)(=O)c2cc(N3CCCCS3(=O)=O)ccc2C)c1. The minimum Gasteiger partial charge on any atom is -0.497 e. The smallest absolute Gasteiger partial charge is 0.240 e. The number of nitrogens with zero attached hydrogens (tertiary/aromatic N) is 1. The van der Waals surface area contributed by atoms with Gasteiger partial charge in [-0.1, -0.05) is 18.2 Å². The van der Waals surface area contributed by atoms with Crippen molar-refractivity contribution in [3.8, 4) is 5.75 Å². The van der Waals surface area contributed by atoms with Gasteiger partial charge < -0.3 is 4.74 Å². The highest BCUT2D eigenvalue weighted by molar-refractivity contribution is 7.92. The zero-order valence-electron chi connectivity index (χ0n) is 16.6. The molecule has 1 N–H and O–H groups in total. The predicted octanol–water partition coefficient (Wildman–Crippen LogP) is 2.45. The van der Waals surface area contributed by atoms with Crippen LogP contribution in [0.15, 0.2) is 47.4 Å². The molecule has 0 atom stereocenters. The number of rotatable bonds is 7.